The van der Waals surface area contributed by atoms with Crippen LogP contribution in [0.3, 0.4) is 0 Å². The van der Waals surface area contributed by atoms with Gasteiger partial charge in [0.1, 0.15) is 0 Å². The molecule has 1 heterocycles. The van der Waals surface area contributed by atoms with Gasteiger partial charge in [0.25, 0.3) is 0 Å². The summed E-state index contributed by atoms with van der Waals surface area (Å²) in [6, 6.07) is 10.9. The normalized spacial score (nSPS) is 24.8. The van der Waals surface area contributed by atoms with Crippen molar-refractivity contribution in [1.82, 2.24) is 10.2 Å². The van der Waals surface area contributed by atoms with Gasteiger partial charge in [-0.15, -0.1) is 0 Å². The summed E-state index contributed by atoms with van der Waals surface area (Å²) in [5.74, 6) is 0.957. The lowest BCUT2D eigenvalue weighted by molar-refractivity contribution is 0.231. The van der Waals surface area contributed by atoms with Gasteiger partial charge in [0.15, 0.2) is 0 Å². The summed E-state index contributed by atoms with van der Waals surface area (Å²) in [6.07, 6.45) is 4.28. The fraction of sp³-hybridized carbons (Fsp3) is 0.647. The smallest absolute Gasteiger partial charge is 0.0233 e. The molecule has 1 saturated carbocycles. The Labute approximate surface area is 117 Å². The number of piperidine rings is 1. The highest BCUT2D eigenvalue weighted by molar-refractivity contribution is 5.14. The van der Waals surface area contributed by atoms with E-state index in [4.69, 9.17) is 0 Å². The third kappa shape index (κ3) is 3.01. The molecule has 1 saturated heterocycles. The molecule has 1 aliphatic carbocycles. The van der Waals surface area contributed by atoms with Gasteiger partial charge in [-0.1, -0.05) is 37.3 Å². The first-order valence-corrected chi connectivity index (χ1v) is 7.79. The van der Waals surface area contributed by atoms with Crippen LogP contribution in [0.25, 0.3) is 0 Å². The Morgan fingerprint density at radius 1 is 1.21 bits per heavy atom. The van der Waals surface area contributed by atoms with Gasteiger partial charge in [0.05, 0.1) is 0 Å². The maximum Gasteiger partial charge on any atom is 0.0233 e. The second-order valence-electron chi connectivity index (χ2n) is 6.33. The molecule has 0 bridgehead atoms. The molecule has 0 radical (unpaired) electrons. The Kier molecular flexibility index (Phi) is 3.90. The molecule has 2 nitrogen and oxygen atoms in total. The zero-order valence-corrected chi connectivity index (χ0v) is 12.1. The Hall–Kier alpha value is -0.860. The van der Waals surface area contributed by atoms with E-state index in [1.807, 2.05) is 0 Å². The van der Waals surface area contributed by atoms with E-state index in [9.17, 15) is 0 Å². The van der Waals surface area contributed by atoms with Crippen molar-refractivity contribution in [2.75, 3.05) is 26.2 Å². The van der Waals surface area contributed by atoms with Crippen molar-refractivity contribution in [3.63, 3.8) is 0 Å². The molecule has 3 rings (SSSR count). The van der Waals surface area contributed by atoms with Crippen LogP contribution in [0.4, 0.5) is 0 Å². The molecule has 0 aromatic heterocycles. The molecule has 1 atom stereocenters. The largest absolute Gasteiger partial charge is 0.317 e. The number of rotatable bonds is 5. The van der Waals surface area contributed by atoms with Crippen LogP contribution in [0.2, 0.25) is 0 Å². The fourth-order valence-corrected chi connectivity index (χ4v) is 3.69. The SMILES string of the molecule is CCN(Cc1ccccc1)CC1CC12CCNCC2. The first-order valence-electron chi connectivity index (χ1n) is 7.79. The predicted octanol–water partition coefficient (Wildman–Crippen LogP) is 2.90. The van der Waals surface area contributed by atoms with Gasteiger partial charge in [-0.05, 0) is 55.8 Å². The summed E-state index contributed by atoms with van der Waals surface area (Å²) in [6.45, 7) is 8.34. The van der Waals surface area contributed by atoms with E-state index in [1.54, 1.807) is 0 Å². The molecule has 1 aliphatic heterocycles. The lowest BCUT2D eigenvalue weighted by Gasteiger charge is -2.26. The first kappa shape index (κ1) is 13.1. The van der Waals surface area contributed by atoms with E-state index < -0.39 is 0 Å². The monoisotopic (exact) mass is 258 g/mol. The van der Waals surface area contributed by atoms with Crippen LogP contribution in [-0.2, 0) is 6.54 Å². The van der Waals surface area contributed by atoms with Crippen LogP contribution >= 0.6 is 0 Å². The number of benzene rings is 1. The molecule has 104 valence electrons. The average molecular weight is 258 g/mol. The molecule has 1 aromatic carbocycles. The van der Waals surface area contributed by atoms with E-state index in [2.05, 4.69) is 47.5 Å². The van der Waals surface area contributed by atoms with Crippen LogP contribution in [0.1, 0.15) is 31.7 Å². The van der Waals surface area contributed by atoms with Crippen LogP contribution < -0.4 is 5.32 Å². The summed E-state index contributed by atoms with van der Waals surface area (Å²) in [5.41, 5.74) is 2.17. The summed E-state index contributed by atoms with van der Waals surface area (Å²) < 4.78 is 0. The summed E-state index contributed by atoms with van der Waals surface area (Å²) in [7, 11) is 0. The van der Waals surface area contributed by atoms with Crippen molar-refractivity contribution in [1.29, 1.82) is 0 Å². The van der Waals surface area contributed by atoms with Gasteiger partial charge in [-0.25, -0.2) is 0 Å². The summed E-state index contributed by atoms with van der Waals surface area (Å²) in [5, 5.41) is 3.49. The van der Waals surface area contributed by atoms with Crippen LogP contribution in [0.15, 0.2) is 30.3 Å². The van der Waals surface area contributed by atoms with Gasteiger partial charge in [0.2, 0.25) is 0 Å². The second-order valence-corrected chi connectivity index (χ2v) is 6.33. The molecule has 2 fully saturated rings. The lowest BCUT2D eigenvalue weighted by atomic mass is 9.92. The summed E-state index contributed by atoms with van der Waals surface area (Å²) in [4.78, 5) is 2.62. The van der Waals surface area contributed by atoms with E-state index >= 15 is 0 Å². The topological polar surface area (TPSA) is 15.3 Å². The first-order chi connectivity index (χ1) is 9.32. The molecule has 2 aliphatic rings. The standard InChI is InChI=1S/C17H26N2/c1-2-19(13-15-6-4-3-5-7-15)14-16-12-17(16)8-10-18-11-9-17/h3-7,16,18H,2,8-14H2,1H3. The Balaban J connectivity index is 1.53. The second kappa shape index (κ2) is 5.64. The van der Waals surface area contributed by atoms with Gasteiger partial charge in [-0.2, -0.15) is 0 Å². The quantitative estimate of drug-likeness (QED) is 0.873. The molecular weight excluding hydrogens is 232 g/mol. The molecule has 1 spiro atoms. The Morgan fingerprint density at radius 3 is 2.63 bits per heavy atom. The van der Waals surface area contributed by atoms with Crippen molar-refractivity contribution < 1.29 is 0 Å². The lowest BCUT2D eigenvalue weighted by Crippen LogP contribution is -2.32. The van der Waals surface area contributed by atoms with Crippen molar-refractivity contribution in [2.24, 2.45) is 11.3 Å². The van der Waals surface area contributed by atoms with Gasteiger partial charge >= 0.3 is 0 Å². The maximum absolute atomic E-state index is 3.49. The van der Waals surface area contributed by atoms with Crippen LogP contribution in [0, 0.1) is 11.3 Å². The Bertz CT molecular complexity index is 395. The molecular formula is C17H26N2. The van der Waals surface area contributed by atoms with E-state index in [0.29, 0.717) is 0 Å². The molecule has 0 amide bonds. The zero-order chi connectivity index (χ0) is 13.1. The third-order valence-corrected chi connectivity index (χ3v) is 5.13. The van der Waals surface area contributed by atoms with Crippen LogP contribution in [-0.4, -0.2) is 31.1 Å². The number of hydrogen-bond acceptors (Lipinski definition) is 2. The summed E-state index contributed by atoms with van der Waals surface area (Å²) >= 11 is 0. The molecule has 1 N–H and O–H groups in total. The van der Waals surface area contributed by atoms with Crippen molar-refractivity contribution in [3.8, 4) is 0 Å². The minimum atomic E-state index is 0.718. The molecule has 1 unspecified atom stereocenters. The van der Waals surface area contributed by atoms with Crippen LogP contribution in [0.5, 0.6) is 0 Å². The van der Waals surface area contributed by atoms with Gasteiger partial charge in [0, 0.05) is 13.1 Å². The molecule has 2 heteroatoms. The Morgan fingerprint density at radius 2 is 1.95 bits per heavy atom. The maximum atomic E-state index is 3.49. The third-order valence-electron chi connectivity index (χ3n) is 5.13. The molecule has 19 heavy (non-hydrogen) atoms. The van der Waals surface area contributed by atoms with E-state index in [-0.39, 0.29) is 0 Å². The predicted molar refractivity (Wildman–Crippen MR) is 80.0 cm³/mol. The number of hydrogen-bond donors (Lipinski definition) is 1. The minimum absolute atomic E-state index is 0.718. The van der Waals surface area contributed by atoms with Crippen molar-refractivity contribution in [2.45, 2.75) is 32.7 Å². The van der Waals surface area contributed by atoms with Crippen molar-refractivity contribution >= 4 is 0 Å². The van der Waals surface area contributed by atoms with Gasteiger partial charge < -0.3 is 5.32 Å². The van der Waals surface area contributed by atoms with Gasteiger partial charge in [-0.3, -0.25) is 4.90 Å². The average Bonchev–Trinajstić information content (AvgIpc) is 3.11. The highest BCUT2D eigenvalue weighted by atomic mass is 15.1. The molecule has 1 aromatic rings. The number of nitrogens with one attached hydrogen (secondary N) is 1. The highest BCUT2D eigenvalue weighted by Gasteiger charge is 2.53. The minimum Gasteiger partial charge on any atom is -0.317 e. The zero-order valence-electron chi connectivity index (χ0n) is 12.1. The fourth-order valence-electron chi connectivity index (χ4n) is 3.69. The van der Waals surface area contributed by atoms with E-state index in [1.165, 1.54) is 51.0 Å². The van der Waals surface area contributed by atoms with Crippen molar-refractivity contribution in [3.05, 3.63) is 35.9 Å². The number of nitrogens with zero attached hydrogens (tertiary/aromatic N) is 1. The highest BCUT2D eigenvalue weighted by Crippen LogP contribution is 2.58. The van der Waals surface area contributed by atoms with E-state index in [0.717, 1.165) is 17.9 Å².